The fraction of sp³-hybridized carbons (Fsp3) is 0.500. The summed E-state index contributed by atoms with van der Waals surface area (Å²) in [6.45, 7) is 0. The van der Waals surface area contributed by atoms with Crippen molar-refractivity contribution in [3.8, 4) is 5.75 Å². The summed E-state index contributed by atoms with van der Waals surface area (Å²) in [5, 5.41) is 2.94. The van der Waals surface area contributed by atoms with E-state index in [1.165, 1.54) is 18.6 Å². The fourth-order valence-corrected chi connectivity index (χ4v) is 3.27. The molecule has 0 aliphatic carbocycles. The van der Waals surface area contributed by atoms with Gasteiger partial charge >= 0.3 is 0 Å². The van der Waals surface area contributed by atoms with Crippen molar-refractivity contribution < 1.29 is 9.53 Å². The highest BCUT2D eigenvalue weighted by molar-refractivity contribution is 7.99. The van der Waals surface area contributed by atoms with Gasteiger partial charge in [0, 0.05) is 12.1 Å². The van der Waals surface area contributed by atoms with Crippen LogP contribution >= 0.6 is 11.8 Å². The number of ether oxygens (including phenoxy) is 1. The molecule has 18 heavy (non-hydrogen) atoms. The lowest BCUT2D eigenvalue weighted by atomic mass is 10.0. The Morgan fingerprint density at radius 2 is 2.22 bits per heavy atom. The van der Waals surface area contributed by atoms with E-state index < -0.39 is 0 Å². The number of carbonyl (C=O) groups excluding carboxylic acids is 1. The quantitative estimate of drug-likeness (QED) is 0.908. The summed E-state index contributed by atoms with van der Waals surface area (Å²) < 4.78 is 5.08. The molecule has 2 rings (SSSR count). The lowest BCUT2D eigenvalue weighted by Crippen LogP contribution is -2.20. The van der Waals surface area contributed by atoms with Crippen LogP contribution < -0.4 is 10.1 Å². The van der Waals surface area contributed by atoms with Crippen molar-refractivity contribution in [2.45, 2.75) is 19.3 Å². The van der Waals surface area contributed by atoms with Crippen LogP contribution in [0.2, 0.25) is 0 Å². The number of thioether (sulfide) groups is 1. The molecule has 1 N–H and O–H groups in total. The first-order chi connectivity index (χ1) is 8.78. The zero-order valence-corrected chi connectivity index (χ0v) is 11.5. The monoisotopic (exact) mass is 265 g/mol. The Morgan fingerprint density at radius 1 is 1.44 bits per heavy atom. The van der Waals surface area contributed by atoms with Crippen molar-refractivity contribution in [2.75, 3.05) is 23.9 Å². The third kappa shape index (κ3) is 3.95. The van der Waals surface area contributed by atoms with Crippen LogP contribution in [0.1, 0.15) is 19.3 Å². The van der Waals surface area contributed by atoms with Gasteiger partial charge in [-0.15, -0.1) is 0 Å². The molecule has 1 fully saturated rings. The van der Waals surface area contributed by atoms with E-state index in [4.69, 9.17) is 4.74 Å². The molecule has 4 heteroatoms. The van der Waals surface area contributed by atoms with E-state index in [2.05, 4.69) is 5.32 Å². The number of methoxy groups -OCH3 is 1. The minimum Gasteiger partial charge on any atom is -0.497 e. The van der Waals surface area contributed by atoms with Gasteiger partial charge in [0.15, 0.2) is 0 Å². The van der Waals surface area contributed by atoms with Crippen LogP contribution in [0.5, 0.6) is 5.75 Å². The van der Waals surface area contributed by atoms with Gasteiger partial charge < -0.3 is 10.1 Å². The highest BCUT2D eigenvalue weighted by Crippen LogP contribution is 2.25. The van der Waals surface area contributed by atoms with E-state index in [0.29, 0.717) is 12.3 Å². The second-order valence-electron chi connectivity index (χ2n) is 4.56. The van der Waals surface area contributed by atoms with Crippen LogP contribution in [0.25, 0.3) is 0 Å². The summed E-state index contributed by atoms with van der Waals surface area (Å²) in [6.07, 6.45) is 3.06. The summed E-state index contributed by atoms with van der Waals surface area (Å²) in [5.74, 6) is 3.83. The highest BCUT2D eigenvalue weighted by atomic mass is 32.2. The first kappa shape index (κ1) is 13.3. The second-order valence-corrected chi connectivity index (χ2v) is 5.71. The van der Waals surface area contributed by atoms with Crippen molar-refractivity contribution in [3.05, 3.63) is 24.3 Å². The maximum absolute atomic E-state index is 11.9. The number of amides is 1. The minimum atomic E-state index is 0.118. The molecule has 1 saturated heterocycles. The van der Waals surface area contributed by atoms with Gasteiger partial charge in [0.1, 0.15) is 5.75 Å². The molecular weight excluding hydrogens is 246 g/mol. The average molecular weight is 265 g/mol. The lowest BCUT2D eigenvalue weighted by molar-refractivity contribution is -0.117. The molecule has 0 saturated carbocycles. The van der Waals surface area contributed by atoms with E-state index >= 15 is 0 Å². The van der Waals surface area contributed by atoms with Crippen molar-refractivity contribution in [2.24, 2.45) is 5.92 Å². The molecule has 3 nitrogen and oxygen atoms in total. The van der Waals surface area contributed by atoms with Gasteiger partial charge in [0.2, 0.25) is 5.91 Å². The molecule has 1 unspecified atom stereocenters. The number of hydrogen-bond acceptors (Lipinski definition) is 3. The predicted molar refractivity (Wildman–Crippen MR) is 76.3 cm³/mol. The molecule has 0 radical (unpaired) electrons. The van der Waals surface area contributed by atoms with E-state index in [1.807, 2.05) is 36.0 Å². The SMILES string of the molecule is COc1ccc(NC(=O)CC2CCCSC2)cc1. The zero-order valence-electron chi connectivity index (χ0n) is 10.6. The van der Waals surface area contributed by atoms with Crippen LogP contribution in [0.3, 0.4) is 0 Å². The summed E-state index contributed by atoms with van der Waals surface area (Å²) in [4.78, 5) is 11.9. The van der Waals surface area contributed by atoms with E-state index in [1.54, 1.807) is 7.11 Å². The van der Waals surface area contributed by atoms with Gasteiger partial charge in [0.05, 0.1) is 7.11 Å². The van der Waals surface area contributed by atoms with Gasteiger partial charge in [-0.25, -0.2) is 0 Å². The summed E-state index contributed by atoms with van der Waals surface area (Å²) in [5.41, 5.74) is 0.837. The molecule has 0 bridgehead atoms. The third-order valence-electron chi connectivity index (χ3n) is 3.10. The topological polar surface area (TPSA) is 38.3 Å². The van der Waals surface area contributed by atoms with Crippen LogP contribution in [0, 0.1) is 5.92 Å². The molecule has 98 valence electrons. The second kappa shape index (κ2) is 6.69. The molecule has 0 spiro atoms. The fourth-order valence-electron chi connectivity index (χ4n) is 2.12. The smallest absolute Gasteiger partial charge is 0.224 e. The number of rotatable bonds is 4. The average Bonchev–Trinajstić information content (AvgIpc) is 2.40. The first-order valence-corrected chi connectivity index (χ1v) is 7.45. The molecule has 0 aromatic heterocycles. The summed E-state index contributed by atoms with van der Waals surface area (Å²) in [6, 6.07) is 7.44. The predicted octanol–water partition coefficient (Wildman–Crippen LogP) is 3.17. The normalized spacial score (nSPS) is 19.3. The maximum Gasteiger partial charge on any atom is 0.224 e. The van der Waals surface area contributed by atoms with Gasteiger partial charge in [0.25, 0.3) is 0 Å². The maximum atomic E-state index is 11.9. The Kier molecular flexibility index (Phi) is 4.93. The first-order valence-electron chi connectivity index (χ1n) is 6.29. The van der Waals surface area contributed by atoms with Gasteiger partial charge in [-0.1, -0.05) is 0 Å². The number of benzene rings is 1. The van der Waals surface area contributed by atoms with Crippen LogP contribution in [0.4, 0.5) is 5.69 Å². The van der Waals surface area contributed by atoms with Crippen LogP contribution in [0.15, 0.2) is 24.3 Å². The van der Waals surface area contributed by atoms with Crippen molar-refractivity contribution >= 4 is 23.4 Å². The van der Waals surface area contributed by atoms with Gasteiger partial charge in [-0.2, -0.15) is 11.8 Å². The Hall–Kier alpha value is -1.16. The lowest BCUT2D eigenvalue weighted by Gasteiger charge is -2.20. The molecule has 1 heterocycles. The Morgan fingerprint density at radius 3 is 2.83 bits per heavy atom. The zero-order chi connectivity index (χ0) is 12.8. The molecule has 1 amide bonds. The number of hydrogen-bond donors (Lipinski definition) is 1. The van der Waals surface area contributed by atoms with Gasteiger partial charge in [-0.3, -0.25) is 4.79 Å². The van der Waals surface area contributed by atoms with Crippen LogP contribution in [-0.2, 0) is 4.79 Å². The van der Waals surface area contributed by atoms with Gasteiger partial charge in [-0.05, 0) is 54.5 Å². The summed E-state index contributed by atoms with van der Waals surface area (Å²) >= 11 is 1.96. The van der Waals surface area contributed by atoms with E-state index in [9.17, 15) is 4.79 Å². The molecule has 1 aromatic carbocycles. The molecule has 1 aliphatic rings. The standard InChI is InChI=1S/C14H19NO2S/c1-17-13-6-4-12(5-7-13)15-14(16)9-11-3-2-8-18-10-11/h4-7,11H,2-3,8-10H2,1H3,(H,15,16). The largest absolute Gasteiger partial charge is 0.497 e. The molecular formula is C14H19NO2S. The molecule has 1 aromatic rings. The minimum absolute atomic E-state index is 0.118. The van der Waals surface area contributed by atoms with Crippen molar-refractivity contribution in [1.82, 2.24) is 0 Å². The number of nitrogens with one attached hydrogen (secondary N) is 1. The number of anilines is 1. The van der Waals surface area contributed by atoms with Crippen molar-refractivity contribution in [1.29, 1.82) is 0 Å². The molecule has 1 atom stereocenters. The third-order valence-corrected chi connectivity index (χ3v) is 4.39. The molecule has 1 aliphatic heterocycles. The van der Waals surface area contributed by atoms with E-state index in [0.717, 1.165) is 17.2 Å². The van der Waals surface area contributed by atoms with E-state index in [-0.39, 0.29) is 5.91 Å². The Labute approximate surface area is 112 Å². The van der Waals surface area contributed by atoms with Crippen molar-refractivity contribution in [3.63, 3.8) is 0 Å². The number of carbonyl (C=O) groups is 1. The summed E-state index contributed by atoms with van der Waals surface area (Å²) in [7, 11) is 1.63. The van der Waals surface area contributed by atoms with Crippen LogP contribution in [-0.4, -0.2) is 24.5 Å². The Balaban J connectivity index is 1.82. The Bertz CT molecular complexity index is 385. The highest BCUT2D eigenvalue weighted by Gasteiger charge is 2.17.